The molecule has 1 aromatic carbocycles. The summed E-state index contributed by atoms with van der Waals surface area (Å²) in [5.74, 6) is 0.402. The minimum atomic E-state index is -0.524. The second-order valence-electron chi connectivity index (χ2n) is 8.27. The molecule has 0 spiro atoms. The van der Waals surface area contributed by atoms with Gasteiger partial charge in [-0.2, -0.15) is 0 Å². The van der Waals surface area contributed by atoms with Crippen LogP contribution in [-0.4, -0.2) is 41.3 Å². The second kappa shape index (κ2) is 7.17. The lowest BCUT2D eigenvalue weighted by molar-refractivity contribution is 0.0275. The highest BCUT2D eigenvalue weighted by atomic mass is 16.6. The molecule has 1 heterocycles. The molecule has 2 fully saturated rings. The number of amides is 2. The number of nitrogens with one attached hydrogen (secondary N) is 1. The number of rotatable bonds is 4. The molecule has 1 saturated carbocycles. The van der Waals surface area contributed by atoms with E-state index in [-0.39, 0.29) is 12.7 Å². The summed E-state index contributed by atoms with van der Waals surface area (Å²) in [4.78, 5) is 26.4. The third kappa shape index (κ3) is 4.68. The fourth-order valence-electron chi connectivity index (χ4n) is 3.45. The molecule has 1 N–H and O–H groups in total. The van der Waals surface area contributed by atoms with Gasteiger partial charge in [0.1, 0.15) is 12.2 Å². The van der Waals surface area contributed by atoms with Gasteiger partial charge in [0.05, 0.1) is 5.54 Å². The van der Waals surface area contributed by atoms with Gasteiger partial charge in [0.15, 0.2) is 0 Å². The van der Waals surface area contributed by atoms with Crippen LogP contribution in [0.3, 0.4) is 0 Å². The van der Waals surface area contributed by atoms with Crippen molar-refractivity contribution in [2.45, 2.75) is 57.8 Å². The molecule has 2 aliphatic rings. The molecule has 0 aromatic heterocycles. The average Bonchev–Trinajstić information content (AvgIpc) is 3.35. The molecular formula is C20H28N2O4. The summed E-state index contributed by atoms with van der Waals surface area (Å²) >= 11 is 0. The molecule has 1 aliphatic carbocycles. The van der Waals surface area contributed by atoms with Gasteiger partial charge in [-0.15, -0.1) is 0 Å². The van der Waals surface area contributed by atoms with Crippen LogP contribution < -0.4 is 5.32 Å². The van der Waals surface area contributed by atoms with Gasteiger partial charge in [-0.1, -0.05) is 30.3 Å². The summed E-state index contributed by atoms with van der Waals surface area (Å²) < 4.78 is 10.9. The highest BCUT2D eigenvalue weighted by Crippen LogP contribution is 2.44. The molecule has 1 atom stereocenters. The van der Waals surface area contributed by atoms with Gasteiger partial charge < -0.3 is 19.7 Å². The Kier molecular flexibility index (Phi) is 5.12. The van der Waals surface area contributed by atoms with E-state index in [9.17, 15) is 9.59 Å². The van der Waals surface area contributed by atoms with Gasteiger partial charge in [-0.3, -0.25) is 0 Å². The molecular weight excluding hydrogens is 332 g/mol. The summed E-state index contributed by atoms with van der Waals surface area (Å²) in [5, 5.41) is 3.06. The highest BCUT2D eigenvalue weighted by Gasteiger charge is 2.52. The molecule has 6 heteroatoms. The first-order valence-corrected chi connectivity index (χ1v) is 9.24. The largest absolute Gasteiger partial charge is 0.445 e. The van der Waals surface area contributed by atoms with Crippen LogP contribution in [-0.2, 0) is 16.1 Å². The third-order valence-corrected chi connectivity index (χ3v) is 4.88. The van der Waals surface area contributed by atoms with Crippen LogP contribution in [0.5, 0.6) is 0 Å². The first-order valence-electron chi connectivity index (χ1n) is 9.24. The quantitative estimate of drug-likeness (QED) is 0.889. The van der Waals surface area contributed by atoms with E-state index in [1.165, 1.54) is 0 Å². The van der Waals surface area contributed by atoms with Crippen molar-refractivity contribution in [3.05, 3.63) is 35.9 Å². The molecule has 6 nitrogen and oxygen atoms in total. The van der Waals surface area contributed by atoms with E-state index in [0.717, 1.165) is 24.8 Å². The Morgan fingerprint density at radius 1 is 1.23 bits per heavy atom. The van der Waals surface area contributed by atoms with E-state index in [4.69, 9.17) is 9.47 Å². The molecule has 142 valence electrons. The molecule has 3 rings (SSSR count). The standard InChI is InChI=1S/C20H28N2O4/c1-19(2,3)26-18(24)22-12-11-20(14-22,16-9-10-16)21-17(23)25-13-15-7-5-4-6-8-15/h4-8,16H,9-14H2,1-3H3,(H,21,23). The maximum Gasteiger partial charge on any atom is 0.410 e. The van der Waals surface area contributed by atoms with E-state index >= 15 is 0 Å². The SMILES string of the molecule is CC(C)(C)OC(=O)N1CCC(NC(=O)OCc2ccccc2)(C2CC2)C1. The average molecular weight is 360 g/mol. The number of hydrogen-bond acceptors (Lipinski definition) is 4. The minimum absolute atomic E-state index is 0.239. The van der Waals surface area contributed by atoms with Crippen molar-refractivity contribution in [1.82, 2.24) is 10.2 Å². The van der Waals surface area contributed by atoms with Gasteiger partial charge in [0.2, 0.25) is 0 Å². The van der Waals surface area contributed by atoms with Crippen LogP contribution in [0.25, 0.3) is 0 Å². The Hall–Kier alpha value is -2.24. The van der Waals surface area contributed by atoms with E-state index in [1.807, 2.05) is 51.1 Å². The number of carbonyl (C=O) groups is 2. The number of ether oxygens (including phenoxy) is 2. The number of nitrogens with zero attached hydrogens (tertiary/aromatic N) is 1. The van der Waals surface area contributed by atoms with Crippen LogP contribution in [0, 0.1) is 5.92 Å². The fraction of sp³-hybridized carbons (Fsp3) is 0.600. The molecule has 0 radical (unpaired) electrons. The molecule has 2 amide bonds. The molecule has 26 heavy (non-hydrogen) atoms. The Bertz CT molecular complexity index is 652. The molecule has 0 bridgehead atoms. The first-order chi connectivity index (χ1) is 12.3. The summed E-state index contributed by atoms with van der Waals surface area (Å²) in [6.45, 7) is 6.87. The summed E-state index contributed by atoms with van der Waals surface area (Å²) in [7, 11) is 0. The predicted octanol–water partition coefficient (Wildman–Crippen LogP) is 3.70. The lowest BCUT2D eigenvalue weighted by Gasteiger charge is -2.31. The maximum absolute atomic E-state index is 12.3. The van der Waals surface area contributed by atoms with Crippen LogP contribution in [0.1, 0.15) is 45.6 Å². The van der Waals surface area contributed by atoms with Crippen molar-refractivity contribution in [3.63, 3.8) is 0 Å². The molecule has 1 aliphatic heterocycles. The van der Waals surface area contributed by atoms with Gasteiger partial charge in [-0.25, -0.2) is 9.59 Å². The normalized spacial score (nSPS) is 22.8. The second-order valence-corrected chi connectivity index (χ2v) is 8.27. The minimum Gasteiger partial charge on any atom is -0.445 e. The van der Waals surface area contributed by atoms with Crippen LogP contribution in [0.15, 0.2) is 30.3 Å². The summed E-state index contributed by atoms with van der Waals surface area (Å²) in [5.41, 5.74) is 0.0270. The fourth-order valence-corrected chi connectivity index (χ4v) is 3.45. The lowest BCUT2D eigenvalue weighted by atomic mass is 9.92. The van der Waals surface area contributed by atoms with E-state index in [2.05, 4.69) is 5.32 Å². The Balaban J connectivity index is 1.57. The van der Waals surface area contributed by atoms with Crippen molar-refractivity contribution >= 4 is 12.2 Å². The van der Waals surface area contributed by atoms with Gasteiger partial charge in [-0.05, 0) is 51.5 Å². The first kappa shape index (κ1) is 18.5. The maximum atomic E-state index is 12.3. The van der Waals surface area contributed by atoms with Crippen LogP contribution in [0.4, 0.5) is 9.59 Å². The summed E-state index contributed by atoms with van der Waals surface area (Å²) in [6.07, 6.45) is 2.13. The van der Waals surface area contributed by atoms with Gasteiger partial charge >= 0.3 is 12.2 Å². The zero-order valence-electron chi connectivity index (χ0n) is 15.8. The highest BCUT2D eigenvalue weighted by molar-refractivity contribution is 5.71. The lowest BCUT2D eigenvalue weighted by Crippen LogP contribution is -2.53. The number of carbonyl (C=O) groups excluding carboxylic acids is 2. The van der Waals surface area contributed by atoms with Crippen molar-refractivity contribution in [2.24, 2.45) is 5.92 Å². The predicted molar refractivity (Wildman–Crippen MR) is 97.6 cm³/mol. The van der Waals surface area contributed by atoms with Crippen molar-refractivity contribution in [1.29, 1.82) is 0 Å². The topological polar surface area (TPSA) is 67.9 Å². The zero-order chi connectivity index (χ0) is 18.8. The Morgan fingerprint density at radius 2 is 1.92 bits per heavy atom. The van der Waals surface area contributed by atoms with Crippen LogP contribution >= 0.6 is 0 Å². The van der Waals surface area contributed by atoms with Crippen LogP contribution in [0.2, 0.25) is 0 Å². The van der Waals surface area contributed by atoms with Crippen molar-refractivity contribution in [3.8, 4) is 0 Å². The number of benzene rings is 1. The number of hydrogen-bond donors (Lipinski definition) is 1. The monoisotopic (exact) mass is 360 g/mol. The third-order valence-electron chi connectivity index (χ3n) is 4.88. The van der Waals surface area contributed by atoms with Crippen molar-refractivity contribution < 1.29 is 19.1 Å². The zero-order valence-corrected chi connectivity index (χ0v) is 15.8. The number of likely N-dealkylation sites (tertiary alicyclic amines) is 1. The van der Waals surface area contributed by atoms with E-state index in [0.29, 0.717) is 19.0 Å². The molecule has 1 aromatic rings. The Labute approximate surface area is 154 Å². The van der Waals surface area contributed by atoms with E-state index in [1.54, 1.807) is 4.90 Å². The Morgan fingerprint density at radius 3 is 2.54 bits per heavy atom. The van der Waals surface area contributed by atoms with E-state index < -0.39 is 17.2 Å². The smallest absolute Gasteiger partial charge is 0.410 e. The number of alkyl carbamates (subject to hydrolysis) is 1. The molecule has 1 unspecified atom stereocenters. The summed E-state index contributed by atoms with van der Waals surface area (Å²) in [6, 6.07) is 9.60. The van der Waals surface area contributed by atoms with Gasteiger partial charge in [0, 0.05) is 13.1 Å². The van der Waals surface area contributed by atoms with Gasteiger partial charge in [0.25, 0.3) is 0 Å². The molecule has 1 saturated heterocycles. The van der Waals surface area contributed by atoms with Crippen molar-refractivity contribution in [2.75, 3.05) is 13.1 Å².